The van der Waals surface area contributed by atoms with Crippen molar-refractivity contribution >= 4 is 115 Å². The second-order valence-corrected chi connectivity index (χ2v) is 4.24. The van der Waals surface area contributed by atoms with E-state index in [0.717, 1.165) is 24.3 Å². The number of carbonyl (C=O) groups excluding carboxylic acids is 4. The molecule has 0 amide bonds. The number of hydrogen-bond donors (Lipinski definition) is 0. The quantitative estimate of drug-likeness (QED) is 0.382. The van der Waals surface area contributed by atoms with Crippen LogP contribution in [0.2, 0.25) is 0 Å². The summed E-state index contributed by atoms with van der Waals surface area (Å²) in [5, 5.41) is 41.3. The summed E-state index contributed by atoms with van der Waals surface area (Å²) >= 11 is 0. The summed E-state index contributed by atoms with van der Waals surface area (Å²) in [4.78, 5) is 41.3. The van der Waals surface area contributed by atoms with Gasteiger partial charge >= 0.3 is 91.0 Å². The van der Waals surface area contributed by atoms with Crippen LogP contribution in [0.3, 0.4) is 0 Å². The number of carboxylic acids is 4. The van der Waals surface area contributed by atoms with Crippen LogP contribution in [-0.4, -0.2) is 115 Å². The van der Waals surface area contributed by atoms with E-state index in [0.29, 0.717) is 0 Å². The Kier molecular flexibility index (Phi) is 14.2. The molecule has 8 nitrogen and oxygen atoms in total. The van der Waals surface area contributed by atoms with E-state index in [4.69, 9.17) is 0 Å². The van der Waals surface area contributed by atoms with Gasteiger partial charge in [0.25, 0.3) is 0 Å². The van der Waals surface area contributed by atoms with Crippen LogP contribution in [0.1, 0.15) is 41.4 Å². The van der Waals surface area contributed by atoms with Crippen molar-refractivity contribution in [2.24, 2.45) is 0 Å². The number of hydrogen-bond acceptors (Lipinski definition) is 8. The van der Waals surface area contributed by atoms with E-state index in [9.17, 15) is 39.6 Å². The molecule has 124 valence electrons. The van der Waals surface area contributed by atoms with Crippen LogP contribution in [0.4, 0.5) is 0 Å². The molecular weight excluding hydrogens is 495 g/mol. The summed E-state index contributed by atoms with van der Waals surface area (Å²) in [5.41, 5.74) is -1.45. The smallest absolute Gasteiger partial charge is 0.545 e. The third-order valence-corrected chi connectivity index (χ3v) is 2.73. The molecule has 0 N–H and O–H groups in total. The normalized spacial score (nSPS) is 8.62. The van der Waals surface area contributed by atoms with E-state index in [1.165, 1.54) is 24.3 Å². The van der Waals surface area contributed by atoms with Gasteiger partial charge in [0.15, 0.2) is 0 Å². The Balaban J connectivity index is 0. The second-order valence-electron chi connectivity index (χ2n) is 4.24. The number of carboxylic acid groups (broad SMARTS) is 4. The minimum absolute atomic E-state index is 0. The first-order valence-electron chi connectivity index (χ1n) is 6.29. The van der Waals surface area contributed by atoms with Crippen LogP contribution in [-0.2, 0) is 0 Å². The Morgan fingerprint density at radius 3 is 0.731 bits per heavy atom. The van der Waals surface area contributed by atoms with E-state index >= 15 is 0 Å². The van der Waals surface area contributed by atoms with Crippen LogP contribution in [0, 0.1) is 0 Å². The molecular formula is C16H8O8Sr2. The molecule has 0 heterocycles. The van der Waals surface area contributed by atoms with Crippen molar-refractivity contribution in [2.45, 2.75) is 0 Å². The van der Waals surface area contributed by atoms with Crippen LogP contribution in [0.15, 0.2) is 48.5 Å². The number of aromatic carboxylic acids is 4. The van der Waals surface area contributed by atoms with Crippen molar-refractivity contribution in [1.29, 1.82) is 0 Å². The Morgan fingerprint density at radius 2 is 0.615 bits per heavy atom. The molecule has 0 atom stereocenters. The van der Waals surface area contributed by atoms with Crippen molar-refractivity contribution in [2.75, 3.05) is 0 Å². The third kappa shape index (κ3) is 8.32. The Hall–Kier alpha value is -0.719. The molecule has 26 heavy (non-hydrogen) atoms. The van der Waals surface area contributed by atoms with Gasteiger partial charge in [-0.15, -0.1) is 0 Å². The van der Waals surface area contributed by atoms with Gasteiger partial charge < -0.3 is 39.6 Å². The van der Waals surface area contributed by atoms with E-state index in [-0.39, 0.29) is 113 Å². The van der Waals surface area contributed by atoms with Gasteiger partial charge in [0, 0.05) is 22.3 Å². The molecule has 0 spiro atoms. The van der Waals surface area contributed by atoms with E-state index in [1.54, 1.807) is 0 Å². The fourth-order valence-electron chi connectivity index (χ4n) is 1.68. The number of benzene rings is 2. The van der Waals surface area contributed by atoms with Gasteiger partial charge in [-0.1, -0.05) is 48.5 Å². The molecule has 2 rings (SSSR count). The van der Waals surface area contributed by atoms with Crippen LogP contribution in [0.25, 0.3) is 0 Å². The summed E-state index contributed by atoms with van der Waals surface area (Å²) in [6, 6.07) is 10.3. The second kappa shape index (κ2) is 13.4. The van der Waals surface area contributed by atoms with E-state index in [2.05, 4.69) is 0 Å². The predicted molar refractivity (Wildman–Crippen MR) is 81.7 cm³/mol. The van der Waals surface area contributed by atoms with Crippen molar-refractivity contribution < 1.29 is 39.6 Å². The van der Waals surface area contributed by atoms with Gasteiger partial charge in [-0.2, -0.15) is 0 Å². The Morgan fingerprint density at radius 1 is 0.462 bits per heavy atom. The summed E-state index contributed by atoms with van der Waals surface area (Å²) < 4.78 is 0. The minimum atomic E-state index is -1.52. The summed E-state index contributed by atoms with van der Waals surface area (Å²) in [6.07, 6.45) is 0. The molecule has 0 unspecified atom stereocenters. The van der Waals surface area contributed by atoms with Crippen LogP contribution in [0.5, 0.6) is 0 Å². The molecule has 2 aromatic rings. The molecule has 2 aromatic carbocycles. The summed E-state index contributed by atoms with van der Waals surface area (Å²) in [6.45, 7) is 0. The maximum atomic E-state index is 10.3. The molecule has 0 fully saturated rings. The Bertz CT molecular complexity index is 671. The van der Waals surface area contributed by atoms with Crippen molar-refractivity contribution in [3.05, 3.63) is 70.8 Å². The third-order valence-electron chi connectivity index (χ3n) is 2.73. The monoisotopic (exact) mass is 504 g/mol. The minimum Gasteiger partial charge on any atom is -0.545 e. The first-order valence-corrected chi connectivity index (χ1v) is 6.29. The van der Waals surface area contributed by atoms with Crippen molar-refractivity contribution in [3.63, 3.8) is 0 Å². The van der Waals surface area contributed by atoms with E-state index in [1.807, 2.05) is 0 Å². The zero-order chi connectivity index (χ0) is 18.3. The SMILES string of the molecule is O=C([O-])c1ccccc1C(=O)[O-].O=C([O-])c1ccccc1C(=O)[O-].[Sr+2].[Sr+2]. The number of rotatable bonds is 4. The summed E-state index contributed by atoms with van der Waals surface area (Å²) in [7, 11) is 0. The van der Waals surface area contributed by atoms with Crippen molar-refractivity contribution in [1.82, 2.24) is 0 Å². The topological polar surface area (TPSA) is 161 Å². The number of carbonyl (C=O) groups is 4. The Labute approximate surface area is 222 Å². The van der Waals surface area contributed by atoms with Gasteiger partial charge in [0.1, 0.15) is 0 Å². The predicted octanol–water partition coefficient (Wildman–Crippen LogP) is -3.93. The van der Waals surface area contributed by atoms with Gasteiger partial charge in [-0.3, -0.25) is 0 Å². The van der Waals surface area contributed by atoms with Crippen LogP contribution >= 0.6 is 0 Å². The van der Waals surface area contributed by atoms with Gasteiger partial charge in [-0.25, -0.2) is 0 Å². The molecule has 0 aliphatic rings. The van der Waals surface area contributed by atoms with Gasteiger partial charge in [0.05, 0.1) is 23.9 Å². The molecule has 0 bridgehead atoms. The molecule has 0 saturated heterocycles. The fourth-order valence-corrected chi connectivity index (χ4v) is 1.68. The first kappa shape index (κ1) is 27.5. The maximum Gasteiger partial charge on any atom is 2.00 e. The zero-order valence-corrected chi connectivity index (χ0v) is 20.3. The van der Waals surface area contributed by atoms with E-state index < -0.39 is 23.9 Å². The largest absolute Gasteiger partial charge is 2.00 e. The first-order chi connectivity index (χ1) is 11.3. The maximum absolute atomic E-state index is 10.3. The molecule has 0 aliphatic heterocycles. The molecule has 0 radical (unpaired) electrons. The average molecular weight is 503 g/mol. The molecule has 0 aliphatic carbocycles. The average Bonchev–Trinajstić information content (AvgIpc) is 2.55. The summed E-state index contributed by atoms with van der Waals surface area (Å²) in [5.74, 6) is -6.07. The van der Waals surface area contributed by atoms with Crippen LogP contribution < -0.4 is 20.4 Å². The zero-order valence-electron chi connectivity index (χ0n) is 13.3. The van der Waals surface area contributed by atoms with Crippen molar-refractivity contribution in [3.8, 4) is 0 Å². The molecule has 0 aromatic heterocycles. The van der Waals surface area contributed by atoms with Gasteiger partial charge in [0.2, 0.25) is 0 Å². The molecule has 0 saturated carbocycles. The molecule has 10 heteroatoms. The fraction of sp³-hybridized carbons (Fsp3) is 0. The standard InChI is InChI=1S/2C8H6O4.2Sr/c2*9-7(10)5-3-1-2-4-6(5)8(11)12;;/h2*1-4H,(H,9,10)(H,11,12);;/q;;2*+2/p-4. The van der Waals surface area contributed by atoms with Gasteiger partial charge in [-0.05, 0) is 0 Å².